The van der Waals surface area contributed by atoms with Gasteiger partial charge in [0.25, 0.3) is 0 Å². The molecule has 0 aromatic carbocycles. The van der Waals surface area contributed by atoms with Crippen LogP contribution in [0.2, 0.25) is 0 Å². The highest BCUT2D eigenvalue weighted by atomic mass is 16.5. The predicted octanol–water partition coefficient (Wildman–Crippen LogP) is 1.47. The third-order valence-corrected chi connectivity index (χ3v) is 4.49. The van der Waals surface area contributed by atoms with Crippen molar-refractivity contribution in [2.75, 3.05) is 26.2 Å². The number of aliphatic carboxylic acids is 1. The zero-order valence-electron chi connectivity index (χ0n) is 12.5. The first-order valence-corrected chi connectivity index (χ1v) is 8.00. The van der Waals surface area contributed by atoms with Crippen LogP contribution in [-0.4, -0.2) is 60.4 Å². The number of carboxylic acid groups (broad SMARTS) is 1. The summed E-state index contributed by atoms with van der Waals surface area (Å²) in [6, 6.07) is 0.734. The second-order valence-electron chi connectivity index (χ2n) is 6.10. The summed E-state index contributed by atoms with van der Waals surface area (Å²) >= 11 is 0. The normalized spacial score (nSPS) is 31.6. The smallest absolute Gasteiger partial charge is 0.332 e. The van der Waals surface area contributed by atoms with Crippen LogP contribution >= 0.6 is 0 Å². The highest BCUT2D eigenvalue weighted by Crippen LogP contribution is 2.19. The molecule has 5 heteroatoms. The Bertz CT molecular complexity index is 311. The maximum absolute atomic E-state index is 10.8. The molecule has 5 nitrogen and oxygen atoms in total. The number of hydrogen-bond donors (Lipinski definition) is 2. The molecule has 0 aromatic heterocycles. The Labute approximate surface area is 121 Å². The summed E-state index contributed by atoms with van der Waals surface area (Å²) in [6.07, 6.45) is 6.18. The van der Waals surface area contributed by atoms with E-state index < -0.39 is 12.1 Å². The average molecular weight is 284 g/mol. The largest absolute Gasteiger partial charge is 0.479 e. The first-order chi connectivity index (χ1) is 9.66. The number of nitrogens with one attached hydrogen (secondary N) is 1. The van der Waals surface area contributed by atoms with Gasteiger partial charge in [0, 0.05) is 12.6 Å². The molecule has 0 radical (unpaired) electrons. The Morgan fingerprint density at radius 2 is 2.20 bits per heavy atom. The SMILES string of the molecule is CC1CCCCN1CCCNCC1CCC(C(=O)O)O1. The molecule has 2 N–H and O–H groups in total. The lowest BCUT2D eigenvalue weighted by Gasteiger charge is -2.33. The molecule has 116 valence electrons. The number of carboxylic acids is 1. The highest BCUT2D eigenvalue weighted by molar-refractivity contribution is 5.72. The van der Waals surface area contributed by atoms with Gasteiger partial charge >= 0.3 is 5.97 Å². The van der Waals surface area contributed by atoms with Crippen molar-refractivity contribution in [3.8, 4) is 0 Å². The van der Waals surface area contributed by atoms with E-state index in [0.29, 0.717) is 6.42 Å². The van der Waals surface area contributed by atoms with Crippen molar-refractivity contribution in [1.29, 1.82) is 0 Å². The Morgan fingerprint density at radius 3 is 2.90 bits per heavy atom. The first-order valence-electron chi connectivity index (χ1n) is 8.00. The van der Waals surface area contributed by atoms with E-state index >= 15 is 0 Å². The standard InChI is InChI=1S/C15H28N2O3/c1-12-5-2-3-9-17(12)10-4-8-16-11-13-6-7-14(20-13)15(18)19/h12-14,16H,2-11H2,1H3,(H,18,19). The second kappa shape index (κ2) is 7.96. The van der Waals surface area contributed by atoms with Crippen LogP contribution in [0.5, 0.6) is 0 Å². The van der Waals surface area contributed by atoms with E-state index in [2.05, 4.69) is 17.1 Å². The van der Waals surface area contributed by atoms with Gasteiger partial charge in [0.1, 0.15) is 0 Å². The molecule has 2 fully saturated rings. The highest BCUT2D eigenvalue weighted by Gasteiger charge is 2.29. The van der Waals surface area contributed by atoms with Crippen LogP contribution in [0.3, 0.4) is 0 Å². The van der Waals surface area contributed by atoms with Crippen LogP contribution in [0.15, 0.2) is 0 Å². The molecule has 0 amide bonds. The topological polar surface area (TPSA) is 61.8 Å². The fourth-order valence-corrected chi connectivity index (χ4v) is 3.20. The minimum Gasteiger partial charge on any atom is -0.479 e. The molecule has 2 aliphatic rings. The lowest BCUT2D eigenvalue weighted by atomic mass is 10.0. The Balaban J connectivity index is 1.51. The molecule has 0 saturated carbocycles. The van der Waals surface area contributed by atoms with Crippen LogP contribution in [-0.2, 0) is 9.53 Å². The Hall–Kier alpha value is -0.650. The summed E-state index contributed by atoms with van der Waals surface area (Å²) < 4.78 is 5.46. The monoisotopic (exact) mass is 284 g/mol. The van der Waals surface area contributed by atoms with Crippen molar-refractivity contribution in [2.45, 2.75) is 63.7 Å². The number of rotatable bonds is 7. The summed E-state index contributed by atoms with van der Waals surface area (Å²) in [7, 11) is 0. The summed E-state index contributed by atoms with van der Waals surface area (Å²) in [5, 5.41) is 12.3. The van der Waals surface area contributed by atoms with Crippen molar-refractivity contribution in [3.05, 3.63) is 0 Å². The van der Waals surface area contributed by atoms with Gasteiger partial charge in [-0.2, -0.15) is 0 Å². The van der Waals surface area contributed by atoms with E-state index in [1.54, 1.807) is 0 Å². The van der Waals surface area contributed by atoms with Gasteiger partial charge in [-0.15, -0.1) is 0 Å². The molecule has 0 spiro atoms. The minimum absolute atomic E-state index is 0.0741. The van der Waals surface area contributed by atoms with Gasteiger partial charge in [-0.1, -0.05) is 6.42 Å². The number of nitrogens with zero attached hydrogens (tertiary/aromatic N) is 1. The number of hydrogen-bond acceptors (Lipinski definition) is 4. The molecule has 0 aliphatic carbocycles. The maximum atomic E-state index is 10.8. The van der Waals surface area contributed by atoms with Gasteiger partial charge in [0.2, 0.25) is 0 Å². The average Bonchev–Trinajstić information content (AvgIpc) is 2.89. The van der Waals surface area contributed by atoms with Crippen LogP contribution in [0, 0.1) is 0 Å². The maximum Gasteiger partial charge on any atom is 0.332 e. The van der Waals surface area contributed by atoms with Crippen LogP contribution in [0.4, 0.5) is 0 Å². The van der Waals surface area contributed by atoms with E-state index in [0.717, 1.165) is 38.5 Å². The summed E-state index contributed by atoms with van der Waals surface area (Å²) in [5.74, 6) is -0.827. The van der Waals surface area contributed by atoms with E-state index in [1.807, 2.05) is 0 Å². The number of carbonyl (C=O) groups is 1. The molecule has 3 atom stereocenters. The Kier molecular flexibility index (Phi) is 6.26. The van der Waals surface area contributed by atoms with E-state index in [1.165, 1.54) is 25.8 Å². The van der Waals surface area contributed by atoms with Crippen LogP contribution < -0.4 is 5.32 Å². The third kappa shape index (κ3) is 4.72. The van der Waals surface area contributed by atoms with Gasteiger partial charge in [0.15, 0.2) is 6.10 Å². The lowest BCUT2D eigenvalue weighted by Crippen LogP contribution is -2.39. The third-order valence-electron chi connectivity index (χ3n) is 4.49. The van der Waals surface area contributed by atoms with E-state index in [4.69, 9.17) is 9.84 Å². The molecule has 2 rings (SSSR count). The summed E-state index contributed by atoms with van der Waals surface area (Å²) in [5.41, 5.74) is 0. The molecular formula is C15H28N2O3. The molecular weight excluding hydrogens is 256 g/mol. The molecule has 0 bridgehead atoms. The predicted molar refractivity (Wildman–Crippen MR) is 77.9 cm³/mol. The molecule has 2 saturated heterocycles. The molecule has 3 unspecified atom stereocenters. The van der Waals surface area contributed by atoms with Crippen molar-refractivity contribution in [3.63, 3.8) is 0 Å². The minimum atomic E-state index is -0.827. The van der Waals surface area contributed by atoms with E-state index in [9.17, 15) is 4.79 Å². The quantitative estimate of drug-likeness (QED) is 0.693. The molecule has 20 heavy (non-hydrogen) atoms. The summed E-state index contributed by atoms with van der Waals surface area (Å²) in [4.78, 5) is 13.4. The van der Waals surface area contributed by atoms with E-state index in [-0.39, 0.29) is 6.10 Å². The van der Waals surface area contributed by atoms with Gasteiger partial charge in [0.05, 0.1) is 6.10 Å². The lowest BCUT2D eigenvalue weighted by molar-refractivity contribution is -0.149. The zero-order valence-corrected chi connectivity index (χ0v) is 12.5. The molecule has 2 aliphatic heterocycles. The number of piperidine rings is 1. The van der Waals surface area contributed by atoms with Crippen molar-refractivity contribution in [2.24, 2.45) is 0 Å². The van der Waals surface area contributed by atoms with Crippen molar-refractivity contribution < 1.29 is 14.6 Å². The van der Waals surface area contributed by atoms with Crippen molar-refractivity contribution in [1.82, 2.24) is 10.2 Å². The first kappa shape index (κ1) is 15.7. The van der Waals surface area contributed by atoms with Crippen LogP contribution in [0.25, 0.3) is 0 Å². The van der Waals surface area contributed by atoms with Crippen molar-refractivity contribution >= 4 is 5.97 Å². The Morgan fingerprint density at radius 1 is 1.35 bits per heavy atom. The number of ether oxygens (including phenoxy) is 1. The fraction of sp³-hybridized carbons (Fsp3) is 0.933. The van der Waals surface area contributed by atoms with Gasteiger partial charge < -0.3 is 20.1 Å². The van der Waals surface area contributed by atoms with Crippen LogP contribution in [0.1, 0.15) is 45.4 Å². The second-order valence-corrected chi connectivity index (χ2v) is 6.10. The molecule has 0 aromatic rings. The number of likely N-dealkylation sites (tertiary alicyclic amines) is 1. The van der Waals surface area contributed by atoms with Gasteiger partial charge in [-0.25, -0.2) is 4.79 Å². The fourth-order valence-electron chi connectivity index (χ4n) is 3.20. The zero-order chi connectivity index (χ0) is 14.4. The molecule has 2 heterocycles. The van der Waals surface area contributed by atoms with Gasteiger partial charge in [-0.05, 0) is 58.7 Å². The summed E-state index contributed by atoms with van der Waals surface area (Å²) in [6.45, 7) is 6.50. The van der Waals surface area contributed by atoms with Gasteiger partial charge in [-0.3, -0.25) is 0 Å².